The molecule has 0 aromatic heterocycles. The minimum atomic E-state index is -2.62. The van der Waals surface area contributed by atoms with Gasteiger partial charge in [0.05, 0.1) is 12.1 Å². The topological polar surface area (TPSA) is 145 Å². The van der Waals surface area contributed by atoms with Crippen LogP contribution in [0.1, 0.15) is 46.5 Å². The van der Waals surface area contributed by atoms with E-state index in [2.05, 4.69) is 0 Å². The number of carboxylic acids is 2. The molecule has 0 radical (unpaired) electrons. The van der Waals surface area contributed by atoms with Crippen LogP contribution in [-0.2, 0) is 28.6 Å². The highest BCUT2D eigenvalue weighted by atomic mass is 16.6. The third kappa shape index (κ3) is 5.94. The van der Waals surface area contributed by atoms with Gasteiger partial charge in [-0.05, 0) is 40.0 Å². The van der Waals surface area contributed by atoms with Crippen molar-refractivity contribution in [1.82, 2.24) is 0 Å². The van der Waals surface area contributed by atoms with Gasteiger partial charge in [0.15, 0.2) is 0 Å². The Morgan fingerprint density at radius 3 is 2.12 bits per heavy atom. The van der Waals surface area contributed by atoms with E-state index >= 15 is 0 Å². The van der Waals surface area contributed by atoms with E-state index in [1.165, 1.54) is 0 Å². The molecule has 0 amide bonds. The third-order valence-electron chi connectivity index (χ3n) is 3.76. The Morgan fingerprint density at radius 2 is 1.68 bits per heavy atom. The molecule has 0 saturated carbocycles. The second-order valence-electron chi connectivity index (χ2n) is 7.01. The predicted octanol–water partition coefficient (Wildman–Crippen LogP) is 0.539. The minimum Gasteiger partial charge on any atom is -0.479 e. The fourth-order valence-corrected chi connectivity index (χ4v) is 2.52. The van der Waals surface area contributed by atoms with Crippen LogP contribution in [0, 0.1) is 0 Å². The number of ether oxygens (including phenoxy) is 3. The summed E-state index contributed by atoms with van der Waals surface area (Å²) in [6.45, 7) is 5.79. The van der Waals surface area contributed by atoms with Crippen LogP contribution in [0.25, 0.3) is 0 Å². The van der Waals surface area contributed by atoms with Gasteiger partial charge < -0.3 is 30.2 Å². The molecule has 25 heavy (non-hydrogen) atoms. The molecule has 9 nitrogen and oxygen atoms in total. The Balaban J connectivity index is 2.85. The molecule has 1 aliphatic rings. The summed E-state index contributed by atoms with van der Waals surface area (Å²) in [6.07, 6.45) is -0.245. The third-order valence-corrected chi connectivity index (χ3v) is 3.76. The van der Waals surface area contributed by atoms with Gasteiger partial charge >= 0.3 is 17.9 Å². The number of esters is 1. The molecular weight excluding hydrogens is 334 g/mol. The zero-order chi connectivity index (χ0) is 19.3. The van der Waals surface area contributed by atoms with Crippen molar-refractivity contribution in [3.8, 4) is 0 Å². The van der Waals surface area contributed by atoms with E-state index in [1.54, 1.807) is 20.8 Å². The highest BCUT2D eigenvalue weighted by molar-refractivity contribution is 6.03. The van der Waals surface area contributed by atoms with E-state index in [9.17, 15) is 24.6 Å². The highest BCUT2D eigenvalue weighted by Crippen LogP contribution is 2.26. The van der Waals surface area contributed by atoms with E-state index in [0.717, 1.165) is 0 Å². The van der Waals surface area contributed by atoms with Crippen molar-refractivity contribution in [2.24, 2.45) is 5.73 Å². The molecule has 1 fully saturated rings. The Morgan fingerprint density at radius 1 is 1.16 bits per heavy atom. The van der Waals surface area contributed by atoms with Gasteiger partial charge in [-0.15, -0.1) is 0 Å². The molecule has 0 aliphatic carbocycles. The molecule has 1 unspecified atom stereocenters. The second-order valence-corrected chi connectivity index (χ2v) is 7.01. The van der Waals surface area contributed by atoms with Gasteiger partial charge in [-0.25, -0.2) is 9.59 Å². The summed E-state index contributed by atoms with van der Waals surface area (Å²) >= 11 is 0. The van der Waals surface area contributed by atoms with Gasteiger partial charge in [-0.3, -0.25) is 4.79 Å². The van der Waals surface area contributed by atoms with Crippen LogP contribution in [0.4, 0.5) is 0 Å². The van der Waals surface area contributed by atoms with Crippen molar-refractivity contribution in [3.63, 3.8) is 0 Å². The first-order valence-corrected chi connectivity index (χ1v) is 8.19. The zero-order valence-electron chi connectivity index (χ0n) is 14.8. The van der Waals surface area contributed by atoms with Crippen LogP contribution in [-0.4, -0.2) is 64.7 Å². The molecule has 0 aromatic rings. The number of rotatable bonds is 8. The molecule has 4 N–H and O–H groups in total. The Hall–Kier alpha value is -1.71. The lowest BCUT2D eigenvalue weighted by Gasteiger charge is -2.35. The Kier molecular flexibility index (Phi) is 7.33. The first-order valence-electron chi connectivity index (χ1n) is 8.19. The number of carboxylic acid groups (broad SMARTS) is 2. The number of hydrogen-bond acceptors (Lipinski definition) is 7. The molecule has 0 bridgehead atoms. The first kappa shape index (κ1) is 21.3. The van der Waals surface area contributed by atoms with Crippen molar-refractivity contribution in [2.75, 3.05) is 13.2 Å². The number of aliphatic carboxylic acids is 2. The van der Waals surface area contributed by atoms with Crippen molar-refractivity contribution in [3.05, 3.63) is 0 Å². The van der Waals surface area contributed by atoms with Crippen LogP contribution in [0.15, 0.2) is 0 Å². The molecule has 1 atom stereocenters. The molecule has 144 valence electrons. The zero-order valence-corrected chi connectivity index (χ0v) is 14.8. The van der Waals surface area contributed by atoms with E-state index in [1.807, 2.05) is 0 Å². The van der Waals surface area contributed by atoms with Gasteiger partial charge in [-0.1, -0.05) is 0 Å². The number of carbonyl (C=O) groups is 3. The predicted molar refractivity (Wildman–Crippen MR) is 86.0 cm³/mol. The molecule has 1 heterocycles. The standard InChI is InChI=1S/C16H27NO8/c1-15(2,3)25-12(18)5-4-11(17)16(13(19)20,14(21)22)24-10-6-8-23-9-7-10/h10-11H,4-9,17H2,1-3H3,(H,19,20)(H,21,22). The van der Waals surface area contributed by atoms with Crippen LogP contribution < -0.4 is 5.73 Å². The Labute approximate surface area is 146 Å². The summed E-state index contributed by atoms with van der Waals surface area (Å²) < 4.78 is 15.7. The fraction of sp³-hybridized carbons (Fsp3) is 0.812. The summed E-state index contributed by atoms with van der Waals surface area (Å²) in [4.78, 5) is 35.2. The lowest BCUT2D eigenvalue weighted by atomic mass is 9.90. The highest BCUT2D eigenvalue weighted by Gasteiger charge is 2.55. The van der Waals surface area contributed by atoms with Crippen molar-refractivity contribution >= 4 is 17.9 Å². The van der Waals surface area contributed by atoms with E-state index < -0.39 is 41.3 Å². The van der Waals surface area contributed by atoms with Crippen molar-refractivity contribution in [2.45, 2.75) is 69.8 Å². The second kappa shape index (κ2) is 8.59. The largest absolute Gasteiger partial charge is 0.479 e. The summed E-state index contributed by atoms with van der Waals surface area (Å²) in [5.41, 5.74) is 2.54. The molecule has 1 rings (SSSR count). The van der Waals surface area contributed by atoms with E-state index in [4.69, 9.17) is 19.9 Å². The van der Waals surface area contributed by atoms with Gasteiger partial charge in [0.2, 0.25) is 0 Å². The first-order chi connectivity index (χ1) is 11.5. The summed E-state index contributed by atoms with van der Waals surface area (Å²) in [6, 6.07) is -1.42. The molecule has 0 aromatic carbocycles. The van der Waals surface area contributed by atoms with E-state index in [-0.39, 0.29) is 12.8 Å². The van der Waals surface area contributed by atoms with Crippen molar-refractivity contribution in [1.29, 1.82) is 0 Å². The van der Waals surface area contributed by atoms with Crippen LogP contribution in [0.5, 0.6) is 0 Å². The monoisotopic (exact) mass is 361 g/mol. The lowest BCUT2D eigenvalue weighted by Crippen LogP contribution is -2.63. The summed E-state index contributed by atoms with van der Waals surface area (Å²) in [7, 11) is 0. The molecule has 1 saturated heterocycles. The molecule has 0 spiro atoms. The summed E-state index contributed by atoms with van der Waals surface area (Å²) in [5, 5.41) is 19.0. The van der Waals surface area contributed by atoms with E-state index in [0.29, 0.717) is 26.1 Å². The molecular formula is C16H27NO8. The normalized spacial score (nSPS) is 17.8. The van der Waals surface area contributed by atoms with Crippen LogP contribution in [0.2, 0.25) is 0 Å². The van der Waals surface area contributed by atoms with Gasteiger partial charge in [0.25, 0.3) is 5.60 Å². The van der Waals surface area contributed by atoms with Gasteiger partial charge in [-0.2, -0.15) is 0 Å². The lowest BCUT2D eigenvalue weighted by molar-refractivity contribution is -0.200. The minimum absolute atomic E-state index is 0.198. The number of nitrogens with two attached hydrogens (primary N) is 1. The number of hydrogen-bond donors (Lipinski definition) is 3. The number of carbonyl (C=O) groups excluding carboxylic acids is 1. The summed E-state index contributed by atoms with van der Waals surface area (Å²) in [5.74, 6) is -3.97. The average Bonchev–Trinajstić information content (AvgIpc) is 2.49. The van der Waals surface area contributed by atoms with Crippen LogP contribution >= 0.6 is 0 Å². The maximum atomic E-state index is 11.8. The molecule has 9 heteroatoms. The SMILES string of the molecule is CC(C)(C)OC(=O)CCC(N)C(OC1CCOCC1)(C(=O)O)C(=O)O. The average molecular weight is 361 g/mol. The maximum absolute atomic E-state index is 11.8. The molecule has 1 aliphatic heterocycles. The van der Waals surface area contributed by atoms with Crippen molar-refractivity contribution < 1.29 is 38.8 Å². The van der Waals surface area contributed by atoms with Crippen LogP contribution in [0.3, 0.4) is 0 Å². The Bertz CT molecular complexity index is 479. The fourth-order valence-electron chi connectivity index (χ4n) is 2.52. The quantitative estimate of drug-likeness (QED) is 0.416. The van der Waals surface area contributed by atoms with Gasteiger partial charge in [0, 0.05) is 19.6 Å². The smallest absolute Gasteiger partial charge is 0.349 e. The maximum Gasteiger partial charge on any atom is 0.349 e. The van der Waals surface area contributed by atoms with Gasteiger partial charge in [0.1, 0.15) is 5.60 Å².